The third-order valence-electron chi connectivity index (χ3n) is 3.13. The molecule has 17 heavy (non-hydrogen) atoms. The molecule has 0 rings (SSSR count). The van der Waals surface area contributed by atoms with Crippen molar-refractivity contribution < 1.29 is 0 Å². The van der Waals surface area contributed by atoms with Gasteiger partial charge in [0, 0.05) is 0 Å². The van der Waals surface area contributed by atoms with E-state index in [1.165, 1.54) is 25.9 Å². The first kappa shape index (κ1) is 16.8. The molecule has 0 unspecified atom stereocenters. The van der Waals surface area contributed by atoms with Gasteiger partial charge in [-0.15, -0.1) is 0 Å². The lowest BCUT2D eigenvalue weighted by Crippen LogP contribution is -2.28. The molecule has 0 bridgehead atoms. The van der Waals surface area contributed by atoms with E-state index in [-0.39, 0.29) is 0 Å². The lowest BCUT2D eigenvalue weighted by molar-refractivity contribution is 0.265. The number of unbranched alkanes of at least 4 members (excludes halogenated alkanes) is 1. The van der Waals surface area contributed by atoms with Crippen LogP contribution in [0.1, 0.15) is 32.6 Å². The first-order valence-electron chi connectivity index (χ1n) is 7.05. The minimum absolute atomic E-state index is 0.799. The topological polar surface area (TPSA) is 58.5 Å². The fraction of sp³-hybridized carbons (Fsp3) is 1.00. The normalized spacial score (nSPS) is 11.6. The zero-order valence-electron chi connectivity index (χ0n) is 11.8. The molecular formula is C13H32N4. The Balaban J connectivity index is 3.40. The van der Waals surface area contributed by atoms with Crippen molar-refractivity contribution in [1.82, 2.24) is 9.80 Å². The summed E-state index contributed by atoms with van der Waals surface area (Å²) >= 11 is 0. The molecule has 0 aliphatic heterocycles. The van der Waals surface area contributed by atoms with Crippen molar-refractivity contribution in [1.29, 1.82) is 0 Å². The van der Waals surface area contributed by atoms with Gasteiger partial charge in [0.15, 0.2) is 0 Å². The van der Waals surface area contributed by atoms with E-state index in [2.05, 4.69) is 23.8 Å². The van der Waals surface area contributed by atoms with E-state index in [0.29, 0.717) is 0 Å². The highest BCUT2D eigenvalue weighted by atomic mass is 15.1. The van der Waals surface area contributed by atoms with Crippen molar-refractivity contribution >= 4 is 0 Å². The van der Waals surface area contributed by atoms with Gasteiger partial charge in [-0.1, -0.05) is 6.92 Å². The van der Waals surface area contributed by atoms with E-state index < -0.39 is 0 Å². The summed E-state index contributed by atoms with van der Waals surface area (Å²) < 4.78 is 0. The van der Waals surface area contributed by atoms with Crippen LogP contribution in [-0.2, 0) is 0 Å². The molecule has 0 aromatic heterocycles. The van der Waals surface area contributed by atoms with E-state index in [1.807, 2.05) is 0 Å². The molecule has 4 nitrogen and oxygen atoms in total. The second kappa shape index (κ2) is 12.3. The SMILES string of the molecule is CCN(CCCN)CCCCN(C)CCCN. The van der Waals surface area contributed by atoms with Gasteiger partial charge in [0.25, 0.3) is 0 Å². The number of nitrogens with two attached hydrogens (primary N) is 2. The summed E-state index contributed by atoms with van der Waals surface area (Å²) in [7, 11) is 2.18. The third kappa shape index (κ3) is 10.7. The van der Waals surface area contributed by atoms with Gasteiger partial charge in [-0.3, -0.25) is 0 Å². The summed E-state index contributed by atoms with van der Waals surface area (Å²) in [5.41, 5.74) is 11.0. The Bertz CT molecular complexity index is 152. The third-order valence-corrected chi connectivity index (χ3v) is 3.13. The van der Waals surface area contributed by atoms with Crippen molar-refractivity contribution in [2.24, 2.45) is 11.5 Å². The molecule has 104 valence electrons. The van der Waals surface area contributed by atoms with Crippen molar-refractivity contribution in [3.63, 3.8) is 0 Å². The molecule has 0 aliphatic carbocycles. The standard InChI is InChI=1S/C13H32N4/c1-3-17(13-7-9-15)12-5-4-10-16(2)11-6-8-14/h3-15H2,1-2H3. The summed E-state index contributed by atoms with van der Waals surface area (Å²) in [5.74, 6) is 0. The molecule has 0 spiro atoms. The number of hydrogen-bond acceptors (Lipinski definition) is 4. The molecule has 0 heterocycles. The van der Waals surface area contributed by atoms with Crippen LogP contribution in [0.15, 0.2) is 0 Å². The molecule has 0 radical (unpaired) electrons. The molecular weight excluding hydrogens is 212 g/mol. The minimum atomic E-state index is 0.799. The van der Waals surface area contributed by atoms with Crippen molar-refractivity contribution in [2.75, 3.05) is 52.9 Å². The van der Waals surface area contributed by atoms with E-state index in [4.69, 9.17) is 11.5 Å². The van der Waals surface area contributed by atoms with Crippen LogP contribution >= 0.6 is 0 Å². The van der Waals surface area contributed by atoms with Crippen molar-refractivity contribution in [3.8, 4) is 0 Å². The van der Waals surface area contributed by atoms with E-state index in [0.717, 1.165) is 45.6 Å². The summed E-state index contributed by atoms with van der Waals surface area (Å²) in [6.45, 7) is 9.64. The Morgan fingerprint density at radius 1 is 0.765 bits per heavy atom. The summed E-state index contributed by atoms with van der Waals surface area (Å²) in [6, 6.07) is 0. The fourth-order valence-electron chi connectivity index (χ4n) is 1.93. The van der Waals surface area contributed by atoms with Crippen LogP contribution in [-0.4, -0.2) is 62.7 Å². The van der Waals surface area contributed by atoms with Crippen LogP contribution in [0, 0.1) is 0 Å². The number of rotatable bonds is 12. The Morgan fingerprint density at radius 2 is 1.24 bits per heavy atom. The average Bonchev–Trinajstić information content (AvgIpc) is 2.35. The molecule has 4 heteroatoms. The smallest absolute Gasteiger partial charge is 0.000683 e. The van der Waals surface area contributed by atoms with Gasteiger partial charge in [-0.05, 0) is 78.5 Å². The average molecular weight is 244 g/mol. The van der Waals surface area contributed by atoms with E-state index >= 15 is 0 Å². The Morgan fingerprint density at radius 3 is 1.82 bits per heavy atom. The number of hydrogen-bond donors (Lipinski definition) is 2. The quantitative estimate of drug-likeness (QED) is 0.497. The molecule has 0 amide bonds. The van der Waals surface area contributed by atoms with Crippen molar-refractivity contribution in [3.05, 3.63) is 0 Å². The molecule has 0 atom stereocenters. The largest absolute Gasteiger partial charge is 0.330 e. The Kier molecular flexibility index (Phi) is 12.2. The van der Waals surface area contributed by atoms with Gasteiger partial charge < -0.3 is 21.3 Å². The lowest BCUT2D eigenvalue weighted by atomic mass is 10.2. The van der Waals surface area contributed by atoms with Gasteiger partial charge in [-0.25, -0.2) is 0 Å². The first-order valence-corrected chi connectivity index (χ1v) is 7.05. The summed E-state index contributed by atoms with van der Waals surface area (Å²) in [5, 5.41) is 0. The molecule has 0 aromatic carbocycles. The monoisotopic (exact) mass is 244 g/mol. The summed E-state index contributed by atoms with van der Waals surface area (Å²) in [4.78, 5) is 4.87. The summed E-state index contributed by atoms with van der Waals surface area (Å²) in [6.07, 6.45) is 4.78. The van der Waals surface area contributed by atoms with E-state index in [1.54, 1.807) is 0 Å². The Labute approximate surface area is 107 Å². The van der Waals surface area contributed by atoms with E-state index in [9.17, 15) is 0 Å². The first-order chi connectivity index (χ1) is 8.24. The van der Waals surface area contributed by atoms with Gasteiger partial charge >= 0.3 is 0 Å². The molecule has 4 N–H and O–H groups in total. The van der Waals surface area contributed by atoms with Crippen molar-refractivity contribution in [2.45, 2.75) is 32.6 Å². The molecule has 0 aliphatic rings. The van der Waals surface area contributed by atoms with Crippen LogP contribution in [0.25, 0.3) is 0 Å². The fourth-order valence-corrected chi connectivity index (χ4v) is 1.93. The Hall–Kier alpha value is -0.160. The number of nitrogens with zero attached hydrogens (tertiary/aromatic N) is 2. The predicted molar refractivity (Wildman–Crippen MR) is 76.2 cm³/mol. The second-order valence-corrected chi connectivity index (χ2v) is 4.73. The molecule has 0 saturated carbocycles. The zero-order chi connectivity index (χ0) is 12.9. The highest BCUT2D eigenvalue weighted by molar-refractivity contribution is 4.58. The van der Waals surface area contributed by atoms with Crippen LogP contribution in [0.2, 0.25) is 0 Å². The maximum absolute atomic E-state index is 5.53. The van der Waals surface area contributed by atoms with Gasteiger partial charge in [-0.2, -0.15) is 0 Å². The van der Waals surface area contributed by atoms with Crippen LogP contribution in [0.5, 0.6) is 0 Å². The maximum atomic E-state index is 5.53. The van der Waals surface area contributed by atoms with Gasteiger partial charge in [0.1, 0.15) is 0 Å². The van der Waals surface area contributed by atoms with Gasteiger partial charge in [0.05, 0.1) is 0 Å². The lowest BCUT2D eigenvalue weighted by Gasteiger charge is -2.21. The predicted octanol–water partition coefficient (Wildman–Crippen LogP) is 0.718. The van der Waals surface area contributed by atoms with Crippen LogP contribution in [0.3, 0.4) is 0 Å². The van der Waals surface area contributed by atoms with Crippen LogP contribution in [0.4, 0.5) is 0 Å². The highest BCUT2D eigenvalue weighted by Gasteiger charge is 2.02. The maximum Gasteiger partial charge on any atom is -0.000683 e. The van der Waals surface area contributed by atoms with Gasteiger partial charge in [0.2, 0.25) is 0 Å². The molecule has 0 fully saturated rings. The minimum Gasteiger partial charge on any atom is -0.330 e. The second-order valence-electron chi connectivity index (χ2n) is 4.73. The van der Waals surface area contributed by atoms with Crippen LogP contribution < -0.4 is 11.5 Å². The molecule has 0 saturated heterocycles. The molecule has 0 aromatic rings. The zero-order valence-corrected chi connectivity index (χ0v) is 11.8. The highest BCUT2D eigenvalue weighted by Crippen LogP contribution is 1.98.